The number of anilines is 3. The number of nitrogens with one attached hydrogen (secondary N) is 2. The zero-order valence-corrected chi connectivity index (χ0v) is 18.6. The minimum atomic E-state index is -3.88. The van der Waals surface area contributed by atoms with Crippen LogP contribution in [0.2, 0.25) is 5.02 Å². The van der Waals surface area contributed by atoms with E-state index in [9.17, 15) is 8.42 Å². The van der Waals surface area contributed by atoms with Gasteiger partial charge >= 0.3 is 0 Å². The SMILES string of the molecule is CC(C)c1ccc(Nc2nc3ccccc3nc2NS(=O)(=O)c2ccc(Cl)cc2)cc1. The molecule has 0 spiro atoms. The number of sulfonamides is 1. The van der Waals surface area contributed by atoms with Gasteiger partial charge in [0, 0.05) is 10.7 Å². The molecule has 0 atom stereocenters. The molecule has 0 aliphatic carbocycles. The summed E-state index contributed by atoms with van der Waals surface area (Å²) in [7, 11) is -3.88. The molecule has 1 heterocycles. The maximum absolute atomic E-state index is 12.9. The molecule has 3 aromatic carbocycles. The number of halogens is 1. The second-order valence-corrected chi connectivity index (χ2v) is 9.49. The summed E-state index contributed by atoms with van der Waals surface area (Å²) in [6.07, 6.45) is 0. The third-order valence-corrected chi connectivity index (χ3v) is 6.37. The van der Waals surface area contributed by atoms with Crippen LogP contribution in [0.25, 0.3) is 11.0 Å². The largest absolute Gasteiger partial charge is 0.337 e. The number of benzene rings is 3. The van der Waals surface area contributed by atoms with Gasteiger partial charge in [0.2, 0.25) is 0 Å². The van der Waals surface area contributed by atoms with Crippen molar-refractivity contribution in [3.05, 3.63) is 83.4 Å². The molecule has 0 bridgehead atoms. The molecule has 31 heavy (non-hydrogen) atoms. The lowest BCUT2D eigenvalue weighted by atomic mass is 10.0. The summed E-state index contributed by atoms with van der Waals surface area (Å²) in [5.41, 5.74) is 3.22. The Hall–Kier alpha value is -3.16. The minimum Gasteiger partial charge on any atom is -0.337 e. The highest BCUT2D eigenvalue weighted by Gasteiger charge is 2.19. The Morgan fingerprint density at radius 3 is 1.97 bits per heavy atom. The Bertz CT molecular complexity index is 1320. The zero-order chi connectivity index (χ0) is 22.0. The van der Waals surface area contributed by atoms with Crippen LogP contribution >= 0.6 is 11.6 Å². The molecule has 0 radical (unpaired) electrons. The van der Waals surface area contributed by atoms with Crippen molar-refractivity contribution in [2.75, 3.05) is 10.0 Å². The summed E-state index contributed by atoms with van der Waals surface area (Å²) in [5.74, 6) is 0.839. The first kappa shape index (κ1) is 21.1. The van der Waals surface area contributed by atoms with Crippen LogP contribution in [0, 0.1) is 0 Å². The molecule has 6 nitrogen and oxygen atoms in total. The molecule has 0 aliphatic heterocycles. The topological polar surface area (TPSA) is 84.0 Å². The van der Waals surface area contributed by atoms with Gasteiger partial charge in [0.25, 0.3) is 10.0 Å². The van der Waals surface area contributed by atoms with Crippen LogP contribution in [0.4, 0.5) is 17.3 Å². The Labute approximate surface area is 186 Å². The number of hydrogen-bond donors (Lipinski definition) is 2. The van der Waals surface area contributed by atoms with E-state index in [-0.39, 0.29) is 10.7 Å². The molecular weight excluding hydrogens is 432 g/mol. The number of rotatable bonds is 6. The van der Waals surface area contributed by atoms with Gasteiger partial charge in [0.15, 0.2) is 11.6 Å². The molecular formula is C23H21ClN4O2S. The van der Waals surface area contributed by atoms with Crippen LogP contribution in [-0.4, -0.2) is 18.4 Å². The Morgan fingerprint density at radius 1 is 0.806 bits per heavy atom. The molecule has 0 fully saturated rings. The van der Waals surface area contributed by atoms with E-state index in [1.54, 1.807) is 6.07 Å². The van der Waals surface area contributed by atoms with E-state index in [1.807, 2.05) is 42.5 Å². The first-order chi connectivity index (χ1) is 14.8. The van der Waals surface area contributed by atoms with Gasteiger partial charge in [-0.15, -0.1) is 0 Å². The van der Waals surface area contributed by atoms with Gasteiger partial charge in [0.05, 0.1) is 15.9 Å². The van der Waals surface area contributed by atoms with E-state index in [0.29, 0.717) is 27.8 Å². The van der Waals surface area contributed by atoms with Crippen molar-refractivity contribution in [2.45, 2.75) is 24.7 Å². The van der Waals surface area contributed by atoms with Crippen LogP contribution in [0.5, 0.6) is 0 Å². The third kappa shape index (κ3) is 4.78. The summed E-state index contributed by atoms with van der Waals surface area (Å²) in [5, 5.41) is 3.65. The fourth-order valence-electron chi connectivity index (χ4n) is 3.05. The summed E-state index contributed by atoms with van der Waals surface area (Å²) in [4.78, 5) is 9.18. The predicted octanol–water partition coefficient (Wildman–Crippen LogP) is 5.95. The van der Waals surface area contributed by atoms with E-state index < -0.39 is 10.0 Å². The van der Waals surface area contributed by atoms with E-state index in [2.05, 4.69) is 33.9 Å². The van der Waals surface area contributed by atoms with E-state index in [4.69, 9.17) is 11.6 Å². The van der Waals surface area contributed by atoms with Crippen molar-refractivity contribution in [1.29, 1.82) is 0 Å². The first-order valence-electron chi connectivity index (χ1n) is 9.74. The first-order valence-corrected chi connectivity index (χ1v) is 11.6. The highest BCUT2D eigenvalue weighted by atomic mass is 35.5. The molecule has 4 aromatic rings. The van der Waals surface area contributed by atoms with Crippen molar-refractivity contribution in [2.24, 2.45) is 0 Å². The average molecular weight is 453 g/mol. The maximum Gasteiger partial charge on any atom is 0.263 e. The molecule has 0 amide bonds. The Morgan fingerprint density at radius 2 is 1.39 bits per heavy atom. The second kappa shape index (κ2) is 8.53. The smallest absolute Gasteiger partial charge is 0.263 e. The van der Waals surface area contributed by atoms with Crippen LogP contribution in [0.1, 0.15) is 25.3 Å². The van der Waals surface area contributed by atoms with Gasteiger partial charge in [-0.2, -0.15) is 0 Å². The van der Waals surface area contributed by atoms with Crippen molar-refractivity contribution in [3.63, 3.8) is 0 Å². The van der Waals surface area contributed by atoms with E-state index >= 15 is 0 Å². The highest BCUT2D eigenvalue weighted by Crippen LogP contribution is 2.28. The maximum atomic E-state index is 12.9. The summed E-state index contributed by atoms with van der Waals surface area (Å²) in [6, 6.07) is 21.1. The third-order valence-electron chi connectivity index (χ3n) is 4.77. The lowest BCUT2D eigenvalue weighted by Crippen LogP contribution is -2.16. The van der Waals surface area contributed by atoms with E-state index in [1.165, 1.54) is 29.8 Å². The molecule has 4 rings (SSSR count). The van der Waals surface area contributed by atoms with Crippen molar-refractivity contribution >= 4 is 50.0 Å². The number of aromatic nitrogens is 2. The number of para-hydroxylation sites is 2. The van der Waals surface area contributed by atoms with Gasteiger partial charge in [0.1, 0.15) is 0 Å². The van der Waals surface area contributed by atoms with Crippen molar-refractivity contribution < 1.29 is 8.42 Å². The van der Waals surface area contributed by atoms with Gasteiger partial charge in [-0.25, -0.2) is 18.4 Å². The second-order valence-electron chi connectivity index (χ2n) is 7.37. The average Bonchev–Trinajstić information content (AvgIpc) is 2.74. The summed E-state index contributed by atoms with van der Waals surface area (Å²) in [6.45, 7) is 4.25. The van der Waals surface area contributed by atoms with Gasteiger partial charge in [-0.1, -0.05) is 49.7 Å². The van der Waals surface area contributed by atoms with Crippen LogP contribution in [0.15, 0.2) is 77.7 Å². The molecule has 0 saturated heterocycles. The summed E-state index contributed by atoms with van der Waals surface area (Å²) >= 11 is 5.89. The van der Waals surface area contributed by atoms with E-state index in [0.717, 1.165) is 5.69 Å². The molecule has 0 unspecified atom stereocenters. The number of hydrogen-bond acceptors (Lipinski definition) is 5. The molecule has 2 N–H and O–H groups in total. The van der Waals surface area contributed by atoms with Crippen molar-refractivity contribution in [3.8, 4) is 0 Å². The quantitative estimate of drug-likeness (QED) is 0.377. The summed E-state index contributed by atoms with van der Waals surface area (Å²) < 4.78 is 28.4. The predicted molar refractivity (Wildman–Crippen MR) is 126 cm³/mol. The monoisotopic (exact) mass is 452 g/mol. The lowest BCUT2D eigenvalue weighted by Gasteiger charge is -2.14. The lowest BCUT2D eigenvalue weighted by molar-refractivity contribution is 0.601. The minimum absolute atomic E-state index is 0.0825. The van der Waals surface area contributed by atoms with Crippen LogP contribution < -0.4 is 10.0 Å². The normalized spacial score (nSPS) is 11.6. The molecule has 0 saturated carbocycles. The van der Waals surface area contributed by atoms with Crippen LogP contribution in [-0.2, 0) is 10.0 Å². The Kier molecular flexibility index (Phi) is 5.80. The zero-order valence-electron chi connectivity index (χ0n) is 17.0. The van der Waals surface area contributed by atoms with Gasteiger partial charge < -0.3 is 5.32 Å². The molecule has 8 heteroatoms. The van der Waals surface area contributed by atoms with Crippen LogP contribution in [0.3, 0.4) is 0 Å². The highest BCUT2D eigenvalue weighted by molar-refractivity contribution is 7.92. The molecule has 1 aromatic heterocycles. The van der Waals surface area contributed by atoms with Crippen molar-refractivity contribution in [1.82, 2.24) is 9.97 Å². The number of nitrogens with zero attached hydrogens (tertiary/aromatic N) is 2. The molecule has 158 valence electrons. The fourth-order valence-corrected chi connectivity index (χ4v) is 4.18. The Balaban J connectivity index is 1.73. The van der Waals surface area contributed by atoms with Gasteiger partial charge in [-0.3, -0.25) is 4.72 Å². The molecule has 0 aliphatic rings. The number of fused-ring (bicyclic) bond motifs is 1. The standard InChI is InChI=1S/C23H21ClN4O2S/c1-15(2)16-7-11-18(12-8-16)25-22-23(27-21-6-4-3-5-20(21)26-22)28-31(29,30)19-13-9-17(24)10-14-19/h3-15H,1-2H3,(H,25,26)(H,27,28). The fraction of sp³-hybridized carbons (Fsp3) is 0.130. The van der Waals surface area contributed by atoms with Gasteiger partial charge in [-0.05, 0) is 60.0 Å².